The van der Waals surface area contributed by atoms with E-state index in [0.717, 1.165) is 33.2 Å². The molecule has 0 atom stereocenters. The Hall–Kier alpha value is -3.39. The molecular weight excluding hydrogens is 354 g/mol. The predicted molar refractivity (Wildman–Crippen MR) is 120 cm³/mol. The van der Waals surface area contributed by atoms with Gasteiger partial charge in [-0.25, -0.2) is 0 Å². The average Bonchev–Trinajstić information content (AvgIpc) is 3.17. The van der Waals surface area contributed by atoms with E-state index in [1.807, 2.05) is 54.6 Å². The largest absolute Gasteiger partial charge is 0.456 e. The van der Waals surface area contributed by atoms with Crippen LogP contribution in [0.5, 0.6) is 0 Å². The number of nitrogens with zero attached hydrogens (tertiary/aromatic N) is 1. The van der Waals surface area contributed by atoms with Crippen molar-refractivity contribution in [2.24, 2.45) is 0 Å². The highest BCUT2D eigenvalue weighted by Crippen LogP contribution is 2.34. The molecule has 0 unspecified atom stereocenters. The second-order valence-electron chi connectivity index (χ2n) is 7.64. The molecule has 5 aromatic rings. The molecule has 0 saturated carbocycles. The van der Waals surface area contributed by atoms with Crippen LogP contribution in [0.4, 0.5) is 0 Å². The molecule has 0 fully saturated rings. The summed E-state index contributed by atoms with van der Waals surface area (Å²) in [7, 11) is 0. The highest BCUT2D eigenvalue weighted by Gasteiger charge is 2.11. The van der Waals surface area contributed by atoms with E-state index in [0.29, 0.717) is 17.0 Å². The topological polar surface area (TPSA) is 26.0 Å². The van der Waals surface area contributed by atoms with Crippen molar-refractivity contribution >= 4 is 21.9 Å². The summed E-state index contributed by atoms with van der Waals surface area (Å²) in [6.07, 6.45) is 0.0809. The zero-order valence-electron chi connectivity index (χ0n) is 18.5. The van der Waals surface area contributed by atoms with Crippen LogP contribution >= 0.6 is 0 Å². The molecule has 2 nitrogen and oxygen atoms in total. The van der Waals surface area contributed by atoms with Gasteiger partial charge in [0.25, 0.3) is 0 Å². The van der Waals surface area contributed by atoms with Crippen LogP contribution in [0.15, 0.2) is 89.5 Å². The van der Waals surface area contributed by atoms with Gasteiger partial charge < -0.3 is 4.42 Å². The Kier molecular flexibility index (Phi) is 3.86. The normalized spacial score (nSPS) is 13.1. The molecular formula is C27H23NO. The Balaban J connectivity index is 1.62. The van der Waals surface area contributed by atoms with Gasteiger partial charge >= 0.3 is 0 Å². The molecule has 5 rings (SSSR count). The first kappa shape index (κ1) is 15.5. The average molecular weight is 379 g/mol. The summed E-state index contributed by atoms with van der Waals surface area (Å²) in [6, 6.07) is 25.2. The van der Waals surface area contributed by atoms with Crippen molar-refractivity contribution < 1.29 is 7.16 Å². The van der Waals surface area contributed by atoms with Gasteiger partial charge in [-0.1, -0.05) is 50.2 Å². The summed E-state index contributed by atoms with van der Waals surface area (Å²) in [6.45, 7) is 4.37. The van der Waals surface area contributed by atoms with Crippen molar-refractivity contribution in [2.75, 3.05) is 0 Å². The van der Waals surface area contributed by atoms with Gasteiger partial charge in [0.15, 0.2) is 0 Å². The minimum absolute atomic E-state index is 0.441. The van der Waals surface area contributed by atoms with E-state index in [1.165, 1.54) is 5.56 Å². The molecule has 3 aromatic carbocycles. The van der Waals surface area contributed by atoms with Crippen LogP contribution in [0.25, 0.3) is 33.2 Å². The van der Waals surface area contributed by atoms with E-state index in [4.69, 9.17) is 7.16 Å². The van der Waals surface area contributed by atoms with Crippen molar-refractivity contribution in [1.82, 2.24) is 4.98 Å². The number of benzene rings is 3. The first-order chi connectivity index (χ1) is 14.9. The van der Waals surface area contributed by atoms with Gasteiger partial charge in [0, 0.05) is 25.3 Å². The van der Waals surface area contributed by atoms with E-state index < -0.39 is 6.37 Å². The Morgan fingerprint density at radius 2 is 1.59 bits per heavy atom. The van der Waals surface area contributed by atoms with Crippen LogP contribution < -0.4 is 0 Å². The van der Waals surface area contributed by atoms with Crippen LogP contribution in [0, 0.1) is 0 Å². The number of fused-ring (bicyclic) bond motifs is 3. The Morgan fingerprint density at radius 3 is 2.38 bits per heavy atom. The lowest BCUT2D eigenvalue weighted by atomic mass is 9.99. The van der Waals surface area contributed by atoms with Gasteiger partial charge in [-0.3, -0.25) is 4.98 Å². The second kappa shape index (κ2) is 7.21. The summed E-state index contributed by atoms with van der Waals surface area (Å²) < 4.78 is 23.4. The highest BCUT2D eigenvalue weighted by molar-refractivity contribution is 6.06. The van der Waals surface area contributed by atoms with E-state index in [2.05, 4.69) is 37.0 Å². The molecule has 0 aliphatic rings. The molecule has 142 valence electrons. The van der Waals surface area contributed by atoms with Crippen LogP contribution in [0.2, 0.25) is 0 Å². The third-order valence-corrected chi connectivity index (χ3v) is 5.28. The predicted octanol–water partition coefficient (Wildman–Crippen LogP) is 7.36. The fourth-order valence-corrected chi connectivity index (χ4v) is 3.67. The van der Waals surface area contributed by atoms with Crippen molar-refractivity contribution in [2.45, 2.75) is 26.1 Å². The lowest BCUT2D eigenvalue weighted by Crippen LogP contribution is -1.91. The number of pyridine rings is 1. The SMILES string of the molecule is [2H]C([2H])(c1ccccc1)c1ccnc(-c2ccc3oc4ccc(C(C)C)cc4c3c2)c1. The van der Waals surface area contributed by atoms with E-state index in [-0.39, 0.29) is 0 Å². The molecule has 29 heavy (non-hydrogen) atoms. The minimum atomic E-state index is -1.60. The van der Waals surface area contributed by atoms with Gasteiger partial charge in [-0.05, 0) is 71.4 Å². The fourth-order valence-electron chi connectivity index (χ4n) is 3.67. The fraction of sp³-hybridized carbons (Fsp3) is 0.148. The van der Waals surface area contributed by atoms with Crippen LogP contribution in [0.1, 0.15) is 39.2 Å². The maximum absolute atomic E-state index is 8.67. The summed E-state index contributed by atoms with van der Waals surface area (Å²) in [5.41, 5.74) is 5.89. The van der Waals surface area contributed by atoms with Crippen molar-refractivity contribution in [1.29, 1.82) is 0 Å². The highest BCUT2D eigenvalue weighted by atomic mass is 16.3. The van der Waals surface area contributed by atoms with Gasteiger partial charge in [0.1, 0.15) is 11.2 Å². The second-order valence-corrected chi connectivity index (χ2v) is 7.64. The molecule has 0 aliphatic heterocycles. The first-order valence-corrected chi connectivity index (χ1v) is 9.92. The number of aromatic nitrogens is 1. The van der Waals surface area contributed by atoms with Gasteiger partial charge in [-0.15, -0.1) is 0 Å². The lowest BCUT2D eigenvalue weighted by Gasteiger charge is -2.06. The van der Waals surface area contributed by atoms with Gasteiger partial charge in [-0.2, -0.15) is 0 Å². The van der Waals surface area contributed by atoms with Crippen LogP contribution in [-0.2, 0) is 6.37 Å². The summed E-state index contributed by atoms with van der Waals surface area (Å²) >= 11 is 0. The molecule has 0 spiro atoms. The van der Waals surface area contributed by atoms with Crippen LogP contribution in [-0.4, -0.2) is 4.98 Å². The third-order valence-electron chi connectivity index (χ3n) is 5.28. The zero-order chi connectivity index (χ0) is 21.6. The van der Waals surface area contributed by atoms with Crippen molar-refractivity contribution in [3.63, 3.8) is 0 Å². The maximum atomic E-state index is 8.67. The summed E-state index contributed by atoms with van der Waals surface area (Å²) in [4.78, 5) is 4.54. The molecule has 0 amide bonds. The third kappa shape index (κ3) is 3.42. The zero-order valence-corrected chi connectivity index (χ0v) is 16.5. The monoisotopic (exact) mass is 379 g/mol. The summed E-state index contributed by atoms with van der Waals surface area (Å²) in [5, 5.41) is 2.15. The number of hydrogen-bond donors (Lipinski definition) is 0. The minimum Gasteiger partial charge on any atom is -0.456 e. The van der Waals surface area contributed by atoms with Crippen molar-refractivity contribution in [3.8, 4) is 11.3 Å². The summed E-state index contributed by atoms with van der Waals surface area (Å²) in [5.74, 6) is 0.441. The quantitative estimate of drug-likeness (QED) is 0.326. The van der Waals surface area contributed by atoms with E-state index in [1.54, 1.807) is 12.3 Å². The van der Waals surface area contributed by atoms with Crippen LogP contribution in [0.3, 0.4) is 0 Å². The Labute approximate surface area is 173 Å². The standard InChI is InChI=1S/C27H23NO/c1-18(2)21-8-10-26-23(16-21)24-17-22(9-11-27(24)29-26)25-15-20(12-13-28-25)14-19-6-4-3-5-7-19/h3-13,15-18H,14H2,1-2H3/i14D2. The van der Waals surface area contributed by atoms with Gasteiger partial charge in [0.2, 0.25) is 0 Å². The number of rotatable bonds is 4. The first-order valence-electron chi connectivity index (χ1n) is 10.9. The van der Waals surface area contributed by atoms with Gasteiger partial charge in [0.05, 0.1) is 5.69 Å². The lowest BCUT2D eigenvalue weighted by molar-refractivity contribution is 0.668. The maximum Gasteiger partial charge on any atom is 0.135 e. The molecule has 0 radical (unpaired) electrons. The number of hydrogen-bond acceptors (Lipinski definition) is 2. The molecule has 0 bridgehead atoms. The molecule has 2 heterocycles. The van der Waals surface area contributed by atoms with E-state index >= 15 is 0 Å². The molecule has 2 aromatic heterocycles. The molecule has 0 N–H and O–H groups in total. The number of furan rings is 1. The Bertz CT molecular complexity index is 1390. The Morgan fingerprint density at radius 1 is 0.828 bits per heavy atom. The smallest absolute Gasteiger partial charge is 0.135 e. The molecule has 0 saturated heterocycles. The molecule has 0 aliphatic carbocycles. The van der Waals surface area contributed by atoms with Crippen molar-refractivity contribution in [3.05, 3.63) is 102 Å². The molecule has 2 heteroatoms. The van der Waals surface area contributed by atoms with E-state index in [9.17, 15) is 0 Å².